The molecular weight excluding hydrogens is 386 g/mol. The minimum Gasteiger partial charge on any atom is -0.350 e. The molecule has 1 aromatic carbocycles. The third-order valence-corrected chi connectivity index (χ3v) is 5.26. The summed E-state index contributed by atoms with van der Waals surface area (Å²) in [5, 5.41) is 18.3. The minimum absolute atomic E-state index is 0.154. The molecule has 3 rings (SSSR count). The van der Waals surface area contributed by atoms with E-state index in [9.17, 15) is 19.7 Å². The van der Waals surface area contributed by atoms with Crippen molar-refractivity contribution in [2.24, 2.45) is 5.92 Å². The lowest BCUT2D eigenvalue weighted by Crippen LogP contribution is -2.39. The van der Waals surface area contributed by atoms with Gasteiger partial charge in [0.15, 0.2) is 5.69 Å². The van der Waals surface area contributed by atoms with E-state index in [2.05, 4.69) is 22.2 Å². The molecule has 1 N–H and O–H groups in total. The molecule has 1 amide bonds. The summed E-state index contributed by atoms with van der Waals surface area (Å²) in [5.74, 6) is -0.340. The molecule has 1 saturated heterocycles. The van der Waals surface area contributed by atoms with Crippen LogP contribution in [0.15, 0.2) is 35.1 Å². The molecule has 30 heavy (non-hydrogen) atoms. The predicted octanol–water partition coefficient (Wildman–Crippen LogP) is 2.30. The van der Waals surface area contributed by atoms with E-state index in [1.165, 1.54) is 42.1 Å². The zero-order valence-electron chi connectivity index (χ0n) is 17.3. The highest BCUT2D eigenvalue weighted by Gasteiger charge is 2.21. The lowest BCUT2D eigenvalue weighted by Gasteiger charge is -2.29. The highest BCUT2D eigenvalue weighted by atomic mass is 16.6. The van der Waals surface area contributed by atoms with Crippen molar-refractivity contribution in [3.05, 3.63) is 62.1 Å². The lowest BCUT2D eigenvalue weighted by molar-refractivity contribution is -0.384. The van der Waals surface area contributed by atoms with Crippen molar-refractivity contribution in [3.8, 4) is 5.69 Å². The molecule has 160 valence electrons. The first-order valence-corrected chi connectivity index (χ1v) is 10.2. The van der Waals surface area contributed by atoms with E-state index in [-0.39, 0.29) is 23.0 Å². The number of aromatic nitrogens is 2. The Kier molecular flexibility index (Phi) is 6.94. The molecule has 9 heteroatoms. The monoisotopic (exact) mass is 413 g/mol. The average molecular weight is 413 g/mol. The molecule has 9 nitrogen and oxygen atoms in total. The maximum absolute atomic E-state index is 12.6. The number of aryl methyl sites for hydroxylation is 1. The predicted molar refractivity (Wildman–Crippen MR) is 113 cm³/mol. The molecule has 2 aromatic rings. The second-order valence-corrected chi connectivity index (χ2v) is 7.83. The number of nitrogens with one attached hydrogen (secondary N) is 1. The van der Waals surface area contributed by atoms with E-state index < -0.39 is 16.3 Å². The van der Waals surface area contributed by atoms with Crippen LogP contribution in [-0.2, 0) is 0 Å². The van der Waals surface area contributed by atoms with Crippen molar-refractivity contribution in [1.29, 1.82) is 0 Å². The summed E-state index contributed by atoms with van der Waals surface area (Å²) >= 11 is 0. The number of amides is 1. The van der Waals surface area contributed by atoms with Gasteiger partial charge in [-0.1, -0.05) is 25.5 Å². The molecule has 0 bridgehead atoms. The number of piperidine rings is 1. The van der Waals surface area contributed by atoms with Crippen LogP contribution in [0, 0.1) is 23.0 Å². The first-order valence-electron chi connectivity index (χ1n) is 10.2. The van der Waals surface area contributed by atoms with Crippen molar-refractivity contribution in [3.63, 3.8) is 0 Å². The number of hydrogen-bond donors (Lipinski definition) is 1. The van der Waals surface area contributed by atoms with Crippen molar-refractivity contribution in [1.82, 2.24) is 20.0 Å². The molecule has 1 atom stereocenters. The number of nitrogens with zero attached hydrogens (tertiary/aromatic N) is 4. The normalized spacial score (nSPS) is 15.5. The molecule has 2 heterocycles. The van der Waals surface area contributed by atoms with Gasteiger partial charge in [-0.05, 0) is 44.8 Å². The van der Waals surface area contributed by atoms with Crippen LogP contribution in [0.3, 0.4) is 0 Å². The Morgan fingerprint density at radius 2 is 1.97 bits per heavy atom. The summed E-state index contributed by atoms with van der Waals surface area (Å²) in [6, 6.07) is 7.36. The highest BCUT2D eigenvalue weighted by molar-refractivity contribution is 5.92. The topological polar surface area (TPSA) is 110 Å². The van der Waals surface area contributed by atoms with Crippen LogP contribution < -0.4 is 10.7 Å². The summed E-state index contributed by atoms with van der Waals surface area (Å²) < 4.78 is 1.27. The zero-order chi connectivity index (χ0) is 21.7. The number of para-hydroxylation sites is 2. The molecule has 0 saturated carbocycles. The molecule has 1 unspecified atom stereocenters. The van der Waals surface area contributed by atoms with E-state index in [0.29, 0.717) is 12.2 Å². The van der Waals surface area contributed by atoms with Gasteiger partial charge >= 0.3 is 0 Å². The van der Waals surface area contributed by atoms with E-state index in [1.807, 2.05) is 0 Å². The van der Waals surface area contributed by atoms with Crippen LogP contribution in [0.25, 0.3) is 5.69 Å². The number of carbonyl (C=O) groups is 1. The number of rotatable bonds is 7. The summed E-state index contributed by atoms with van der Waals surface area (Å²) in [6.45, 7) is 7.16. The maximum atomic E-state index is 12.6. The van der Waals surface area contributed by atoms with Crippen LogP contribution >= 0.6 is 0 Å². The number of likely N-dealkylation sites (tertiary alicyclic amines) is 1. The summed E-state index contributed by atoms with van der Waals surface area (Å²) in [5.41, 5.74) is -0.331. The Bertz CT molecular complexity index is 982. The smallest absolute Gasteiger partial charge is 0.294 e. The fourth-order valence-electron chi connectivity index (χ4n) is 3.74. The highest BCUT2D eigenvalue weighted by Crippen LogP contribution is 2.22. The lowest BCUT2D eigenvalue weighted by atomic mass is 10.1. The molecule has 1 aromatic heterocycles. The standard InChI is InChI=1S/C21H27N5O4/c1-15(14-24-10-6-3-7-11-24)13-22-21(28)20-19(27)12-16(2)25(23-20)17-8-4-5-9-18(17)26(29)30/h4-5,8-9,12,15H,3,6-7,10-11,13-14H2,1-2H3,(H,22,28). The molecular formula is C21H27N5O4. The number of nitro groups is 1. The third kappa shape index (κ3) is 5.10. The van der Waals surface area contributed by atoms with Crippen LogP contribution in [0.5, 0.6) is 0 Å². The van der Waals surface area contributed by atoms with Gasteiger partial charge < -0.3 is 10.2 Å². The van der Waals surface area contributed by atoms with Crippen molar-refractivity contribution in [2.45, 2.75) is 33.1 Å². The molecule has 0 aliphatic carbocycles. The van der Waals surface area contributed by atoms with Gasteiger partial charge in [0.1, 0.15) is 5.69 Å². The molecule has 1 fully saturated rings. The van der Waals surface area contributed by atoms with Gasteiger partial charge in [-0.2, -0.15) is 5.10 Å². The summed E-state index contributed by atoms with van der Waals surface area (Å²) in [7, 11) is 0. The Morgan fingerprint density at radius 3 is 2.67 bits per heavy atom. The molecule has 1 aliphatic heterocycles. The van der Waals surface area contributed by atoms with E-state index in [1.54, 1.807) is 19.1 Å². The van der Waals surface area contributed by atoms with Crippen LogP contribution in [0.2, 0.25) is 0 Å². The first kappa shape index (κ1) is 21.6. The first-order chi connectivity index (χ1) is 14.4. The summed E-state index contributed by atoms with van der Waals surface area (Å²) in [6.07, 6.45) is 3.68. The van der Waals surface area contributed by atoms with Gasteiger partial charge in [0.2, 0.25) is 5.43 Å². The summed E-state index contributed by atoms with van der Waals surface area (Å²) in [4.78, 5) is 38.2. The zero-order valence-corrected chi connectivity index (χ0v) is 17.3. The fourth-order valence-corrected chi connectivity index (χ4v) is 3.74. The van der Waals surface area contributed by atoms with Gasteiger partial charge in [-0.15, -0.1) is 0 Å². The van der Waals surface area contributed by atoms with E-state index in [0.717, 1.165) is 19.6 Å². The van der Waals surface area contributed by atoms with Gasteiger partial charge in [0, 0.05) is 30.9 Å². The van der Waals surface area contributed by atoms with Crippen molar-refractivity contribution >= 4 is 11.6 Å². The van der Waals surface area contributed by atoms with Crippen LogP contribution in [0.1, 0.15) is 42.4 Å². The number of hydrogen-bond acceptors (Lipinski definition) is 6. The second-order valence-electron chi connectivity index (χ2n) is 7.83. The molecule has 0 spiro atoms. The SMILES string of the molecule is Cc1cc(=O)c(C(=O)NCC(C)CN2CCCCC2)nn1-c1ccccc1[N+](=O)[O-]. The minimum atomic E-state index is -0.571. The fraction of sp³-hybridized carbons (Fsp3) is 0.476. The van der Waals surface area contributed by atoms with E-state index >= 15 is 0 Å². The van der Waals surface area contributed by atoms with E-state index in [4.69, 9.17) is 0 Å². The Labute approximate surface area is 174 Å². The largest absolute Gasteiger partial charge is 0.350 e. The Balaban J connectivity index is 1.76. The average Bonchev–Trinajstić information content (AvgIpc) is 2.73. The van der Waals surface area contributed by atoms with Gasteiger partial charge in [0.25, 0.3) is 11.6 Å². The molecule has 0 radical (unpaired) electrons. The van der Waals surface area contributed by atoms with Gasteiger partial charge in [0.05, 0.1) is 4.92 Å². The quantitative estimate of drug-likeness (QED) is 0.551. The number of nitro benzene ring substituents is 1. The maximum Gasteiger partial charge on any atom is 0.294 e. The van der Waals surface area contributed by atoms with Crippen molar-refractivity contribution < 1.29 is 9.72 Å². The molecule has 1 aliphatic rings. The van der Waals surface area contributed by atoms with Crippen LogP contribution in [0.4, 0.5) is 5.69 Å². The number of benzene rings is 1. The van der Waals surface area contributed by atoms with Crippen LogP contribution in [-0.4, -0.2) is 51.7 Å². The second kappa shape index (κ2) is 9.62. The van der Waals surface area contributed by atoms with Gasteiger partial charge in [-0.25, -0.2) is 4.68 Å². The van der Waals surface area contributed by atoms with Gasteiger partial charge in [-0.3, -0.25) is 19.7 Å². The van der Waals surface area contributed by atoms with Crippen molar-refractivity contribution in [2.75, 3.05) is 26.2 Å². The number of carbonyl (C=O) groups excluding carboxylic acids is 1. The Hall–Kier alpha value is -3.07. The Morgan fingerprint density at radius 1 is 1.27 bits per heavy atom. The third-order valence-electron chi connectivity index (χ3n) is 5.26.